The molecule has 0 radical (unpaired) electrons. The molecule has 0 aliphatic heterocycles. The predicted molar refractivity (Wildman–Crippen MR) is 138 cm³/mol. The molecule has 0 amide bonds. The number of hydrogen-bond acceptors (Lipinski definition) is 0. The Kier molecular flexibility index (Phi) is 3.09. The number of allylic oxidation sites excluding steroid dienone is 4. The molecule has 0 saturated heterocycles. The van der Waals surface area contributed by atoms with Crippen LogP contribution in [0.25, 0.3) is 10.9 Å². The molecule has 0 fully saturated rings. The number of halogens is 2. The number of benzene rings is 1. The number of H-pyrrole nitrogens is 1. The van der Waals surface area contributed by atoms with Gasteiger partial charge in [-0.2, -0.15) is 0 Å². The second-order valence-corrected chi connectivity index (χ2v) is 93.9. The Morgan fingerprint density at radius 2 is 1.46 bits per heavy atom. The Morgan fingerprint density at radius 1 is 0.929 bits per heavy atom. The van der Waals surface area contributed by atoms with Crippen molar-refractivity contribution in [1.29, 1.82) is 0 Å². The van der Waals surface area contributed by atoms with Gasteiger partial charge in [0.1, 0.15) is 0 Å². The first kappa shape index (κ1) is 25.8. The standard InChI is InChI=1S/C8H6N.C5H5.C4H9.6CH3.2ClH.H2Si.Ti/c1-2-4-8-7(3-1)5-6-9-8;1-2-4-5-3-1;1-4(2)3;;;;;;;;;;/h1-5,9H;1-3H,4H2;1-3H3;6*1H3;2*1H;1H2;. The summed E-state index contributed by atoms with van der Waals surface area (Å²) >= 11 is 0. The number of fused-ring (bicyclic) bond motifs is 1. The van der Waals surface area contributed by atoms with Gasteiger partial charge in [0.2, 0.25) is 0 Å². The molecule has 1 nitrogen and oxygen atoms in total. The topological polar surface area (TPSA) is 15.8 Å². The summed E-state index contributed by atoms with van der Waals surface area (Å²) in [6.07, 6.45) is 7.98. The molecule has 0 saturated carbocycles. The maximum Gasteiger partial charge on any atom is -0.147 e. The van der Waals surface area contributed by atoms with E-state index in [0.717, 1.165) is 6.42 Å². The minimum atomic E-state index is -5.97. The molecule has 1 aromatic carbocycles. The smallest absolute Gasteiger partial charge is 0.147 e. The molecule has 0 spiro atoms. The van der Waals surface area contributed by atoms with Crippen molar-refractivity contribution in [1.82, 2.24) is 4.98 Å². The predicted octanol–water partition coefficient (Wildman–Crippen LogP) is 7.90. The molecule has 0 bridgehead atoms. The number of rotatable bonds is 2. The second-order valence-electron chi connectivity index (χ2n) is 20.9. The van der Waals surface area contributed by atoms with E-state index in [-0.39, 0.29) is 28.5 Å². The molecule has 161 valence electrons. The van der Waals surface area contributed by atoms with Crippen molar-refractivity contribution in [2.45, 2.75) is 62.3 Å². The first-order chi connectivity index (χ1) is 10.8. The zero-order valence-electron chi connectivity index (χ0n) is 19.3. The average molecular weight is 479 g/mol. The van der Waals surface area contributed by atoms with Gasteiger partial charge >= 0.3 is 150 Å². The SMILES string of the molecule is C[C](C)(C)[Ti]([CH3])([CH3])([CH3])([CH3])([CH3])([CH3])(=[SiH2])([C]1=CC=CC1)[c]1cc2ccccc2[nH]1.Cl.Cl. The summed E-state index contributed by atoms with van der Waals surface area (Å²) in [5.41, 5.74) is 1.22. The van der Waals surface area contributed by atoms with Gasteiger partial charge in [-0.3, -0.25) is 0 Å². The summed E-state index contributed by atoms with van der Waals surface area (Å²) in [5.74, 6) is 0. The fraction of sp³-hybridized carbons (Fsp3) is 0.478. The Labute approximate surface area is 173 Å². The molecule has 1 aliphatic rings. The van der Waals surface area contributed by atoms with E-state index in [1.165, 1.54) is 14.9 Å². The van der Waals surface area contributed by atoms with Crippen LogP contribution in [0.4, 0.5) is 0 Å². The minimum absolute atomic E-state index is 0. The van der Waals surface area contributed by atoms with Crippen LogP contribution in [0.2, 0.25) is 35.1 Å². The summed E-state index contributed by atoms with van der Waals surface area (Å²) in [6, 6.07) is 11.1. The van der Waals surface area contributed by atoms with Crippen molar-refractivity contribution < 1.29 is 7.63 Å². The average Bonchev–Trinajstić information content (AvgIpc) is 3.07. The fourth-order valence-electron chi connectivity index (χ4n) is 5.05. The van der Waals surface area contributed by atoms with Gasteiger partial charge in [-0.15, -0.1) is 24.8 Å². The van der Waals surface area contributed by atoms with Crippen molar-refractivity contribution in [2.24, 2.45) is 0 Å². The summed E-state index contributed by atoms with van der Waals surface area (Å²) < 4.78 is 2.86. The number of hydrogen-bond donors (Lipinski definition) is 1. The monoisotopic (exact) mass is 478 g/mol. The van der Waals surface area contributed by atoms with E-state index in [1.807, 2.05) is 0 Å². The normalized spacial score (nSPS) is 24.5. The van der Waals surface area contributed by atoms with Crippen LogP contribution in [0.1, 0.15) is 27.2 Å². The second kappa shape index (κ2) is 3.35. The molecule has 1 aliphatic carbocycles. The fourth-order valence-corrected chi connectivity index (χ4v) is 18.7. The van der Waals surface area contributed by atoms with Crippen LogP contribution in [0.5, 0.6) is 0 Å². The summed E-state index contributed by atoms with van der Waals surface area (Å²) in [6.45, 7) is 7.36. The third-order valence-corrected chi connectivity index (χ3v) is 53.7. The zero-order valence-corrected chi connectivity index (χ0v) is 24.0. The van der Waals surface area contributed by atoms with Gasteiger partial charge in [-0.05, 0) is 0 Å². The van der Waals surface area contributed by atoms with Crippen molar-refractivity contribution in [3.8, 4) is 0 Å². The molecule has 28 heavy (non-hydrogen) atoms. The third-order valence-electron chi connectivity index (χ3n) is 12.6. The molecule has 1 N–H and O–H groups in total. The molecule has 1 heterocycles. The molecular formula is C23H42Cl2NSiTi. The van der Waals surface area contributed by atoms with Crippen molar-refractivity contribution >= 4 is 47.3 Å². The molecule has 3 rings (SSSR count). The van der Waals surface area contributed by atoms with E-state index in [1.54, 1.807) is 3.88 Å². The minimum Gasteiger partial charge on any atom is -0.147 e. The molecule has 1 aromatic heterocycles. The first-order valence-electron chi connectivity index (χ1n) is 10.2. The van der Waals surface area contributed by atoms with E-state index in [0.29, 0.717) is 0 Å². The molecule has 5 heteroatoms. The first-order valence-corrected chi connectivity index (χ1v) is 26.0. The van der Waals surface area contributed by atoms with E-state index in [2.05, 4.69) is 113 Å². The summed E-state index contributed by atoms with van der Waals surface area (Å²) in [7, 11) is -3.66. The molecule has 2 aromatic rings. The Balaban J connectivity index is 0.00000196. The third kappa shape index (κ3) is 2.00. The summed E-state index contributed by atoms with van der Waals surface area (Å²) in [5, 5.41) is 17.2. The maximum atomic E-state index is 3.96. The van der Waals surface area contributed by atoms with E-state index in [4.69, 9.17) is 0 Å². The van der Waals surface area contributed by atoms with Gasteiger partial charge < -0.3 is 0 Å². The number of nitrogens with one attached hydrogen (secondary N) is 1. The number of para-hydroxylation sites is 1. The van der Waals surface area contributed by atoms with E-state index >= 15 is 0 Å². The molecule has 0 atom stereocenters. The summed E-state index contributed by atoms with van der Waals surface area (Å²) in [4.78, 5) is 3.96. The van der Waals surface area contributed by atoms with Crippen LogP contribution in [-0.4, -0.2) is 12.6 Å². The largest absolute Gasteiger partial charge is 0.147 e. The van der Waals surface area contributed by atoms with Gasteiger partial charge in [0.05, 0.1) is 0 Å². The van der Waals surface area contributed by atoms with Crippen LogP contribution in [0.3, 0.4) is 0 Å². The Bertz CT molecular complexity index is 1300. The van der Waals surface area contributed by atoms with Crippen LogP contribution < -0.4 is 4.00 Å². The van der Waals surface area contributed by atoms with Gasteiger partial charge in [0, 0.05) is 0 Å². The number of aromatic amines is 1. The van der Waals surface area contributed by atoms with Crippen molar-refractivity contribution in [3.63, 3.8) is 0 Å². The van der Waals surface area contributed by atoms with Crippen LogP contribution in [-0.2, 0) is 7.63 Å². The van der Waals surface area contributed by atoms with Gasteiger partial charge in [0.15, 0.2) is 0 Å². The quantitative estimate of drug-likeness (QED) is 0.422. The molecular weight excluding hydrogens is 437 g/mol. The van der Waals surface area contributed by atoms with Crippen LogP contribution in [0.15, 0.2) is 52.4 Å². The van der Waals surface area contributed by atoms with Gasteiger partial charge in [-0.25, -0.2) is 0 Å². The number of aromatic nitrogens is 1. The van der Waals surface area contributed by atoms with E-state index < -0.39 is 7.63 Å². The van der Waals surface area contributed by atoms with Gasteiger partial charge in [-0.1, -0.05) is 0 Å². The van der Waals surface area contributed by atoms with Gasteiger partial charge in [0.25, 0.3) is 0 Å². The van der Waals surface area contributed by atoms with E-state index in [9.17, 15) is 0 Å². The molecule has 0 unspecified atom stereocenters. The maximum absolute atomic E-state index is 5.97. The Morgan fingerprint density at radius 3 is 1.89 bits per heavy atom. The van der Waals surface area contributed by atoms with Crippen LogP contribution >= 0.6 is 24.8 Å². The Hall–Kier alpha value is -0.249. The van der Waals surface area contributed by atoms with Crippen molar-refractivity contribution in [3.05, 3.63) is 52.4 Å². The van der Waals surface area contributed by atoms with Crippen LogP contribution in [0, 0.1) is 0 Å². The van der Waals surface area contributed by atoms with Crippen molar-refractivity contribution in [2.75, 3.05) is 0 Å². The zero-order chi connectivity index (χ0) is 20.2.